The molecule has 9 heteroatoms. The summed E-state index contributed by atoms with van der Waals surface area (Å²) in [5.41, 5.74) is 4.46. The van der Waals surface area contributed by atoms with Gasteiger partial charge in [0.25, 0.3) is 5.69 Å². The summed E-state index contributed by atoms with van der Waals surface area (Å²) >= 11 is 0. The second-order valence-electron chi connectivity index (χ2n) is 5.84. The molecule has 1 aliphatic rings. The van der Waals surface area contributed by atoms with E-state index in [4.69, 9.17) is 5.73 Å². The van der Waals surface area contributed by atoms with Crippen molar-refractivity contribution in [3.8, 4) is 0 Å². The molecule has 116 valence electrons. The van der Waals surface area contributed by atoms with Crippen LogP contribution >= 0.6 is 0 Å². The average Bonchev–Trinajstić information content (AvgIpc) is 2.93. The van der Waals surface area contributed by atoms with E-state index < -0.39 is 37.0 Å². The van der Waals surface area contributed by atoms with Crippen LogP contribution in [0.25, 0.3) is 0 Å². The van der Waals surface area contributed by atoms with E-state index in [1.165, 1.54) is 0 Å². The van der Waals surface area contributed by atoms with E-state index in [0.29, 0.717) is 6.07 Å². The fourth-order valence-electron chi connectivity index (χ4n) is 2.20. The van der Waals surface area contributed by atoms with Gasteiger partial charge in [0.15, 0.2) is 5.82 Å². The largest absolute Gasteiger partial charge is 0.397 e. The minimum atomic E-state index is -4.14. The van der Waals surface area contributed by atoms with Crippen LogP contribution in [0.15, 0.2) is 17.0 Å². The normalized spacial score (nSPS) is 20.2. The molecular weight excluding hydrogens is 301 g/mol. The third kappa shape index (κ3) is 3.13. The number of nitro benzene ring substituents is 1. The van der Waals surface area contributed by atoms with Gasteiger partial charge in [-0.25, -0.2) is 17.5 Å². The molecule has 0 heterocycles. The lowest BCUT2D eigenvalue weighted by atomic mass is 10.1. The van der Waals surface area contributed by atoms with Gasteiger partial charge < -0.3 is 5.73 Å². The van der Waals surface area contributed by atoms with E-state index in [2.05, 4.69) is 4.72 Å². The highest BCUT2D eigenvalue weighted by Crippen LogP contribution is 2.51. The predicted octanol–water partition coefficient (Wildman–Crippen LogP) is 1.64. The van der Waals surface area contributed by atoms with Gasteiger partial charge in [0.1, 0.15) is 4.90 Å². The molecule has 0 saturated heterocycles. The van der Waals surface area contributed by atoms with E-state index in [1.54, 1.807) is 0 Å². The maximum absolute atomic E-state index is 13.9. The number of hydrogen-bond acceptors (Lipinski definition) is 5. The van der Waals surface area contributed by atoms with Crippen molar-refractivity contribution in [3.05, 3.63) is 28.1 Å². The quantitative estimate of drug-likeness (QED) is 0.486. The molecule has 0 amide bonds. The summed E-state index contributed by atoms with van der Waals surface area (Å²) in [5, 5.41) is 10.6. The molecular formula is C12H16FN3O4S. The molecule has 1 saturated carbocycles. The van der Waals surface area contributed by atoms with Crippen molar-refractivity contribution >= 4 is 21.4 Å². The van der Waals surface area contributed by atoms with E-state index >= 15 is 0 Å². The zero-order chi connectivity index (χ0) is 16.0. The lowest BCUT2D eigenvalue weighted by Gasteiger charge is -2.10. The van der Waals surface area contributed by atoms with Crippen molar-refractivity contribution in [3.63, 3.8) is 0 Å². The fourth-order valence-corrected chi connectivity index (χ4v) is 3.45. The number of nitrogens with zero attached hydrogens (tertiary/aromatic N) is 1. The van der Waals surface area contributed by atoms with Gasteiger partial charge in [-0.1, -0.05) is 13.8 Å². The van der Waals surface area contributed by atoms with Gasteiger partial charge in [0.05, 0.1) is 16.7 Å². The minimum absolute atomic E-state index is 0.0715. The van der Waals surface area contributed by atoms with Crippen molar-refractivity contribution in [1.82, 2.24) is 4.72 Å². The number of non-ortho nitro benzene ring substituents is 1. The first-order valence-electron chi connectivity index (χ1n) is 6.27. The molecule has 1 unspecified atom stereocenters. The topological polar surface area (TPSA) is 115 Å². The number of nitrogens with one attached hydrogen (secondary N) is 1. The highest BCUT2D eigenvalue weighted by Gasteiger charge is 2.45. The van der Waals surface area contributed by atoms with Gasteiger partial charge in [-0.3, -0.25) is 10.1 Å². The molecule has 0 radical (unpaired) electrons. The number of anilines is 1. The Bertz CT molecular complexity index is 679. The van der Waals surface area contributed by atoms with Crippen LogP contribution in [0, 0.1) is 27.3 Å². The first-order chi connectivity index (χ1) is 9.54. The molecule has 0 bridgehead atoms. The minimum Gasteiger partial charge on any atom is -0.397 e. The van der Waals surface area contributed by atoms with E-state index in [1.807, 2.05) is 13.8 Å². The molecule has 0 aromatic heterocycles. The van der Waals surface area contributed by atoms with Crippen LogP contribution in [-0.2, 0) is 10.0 Å². The Kier molecular flexibility index (Phi) is 3.66. The molecule has 1 aromatic carbocycles. The van der Waals surface area contributed by atoms with Gasteiger partial charge in [-0.15, -0.1) is 0 Å². The highest BCUT2D eigenvalue weighted by molar-refractivity contribution is 7.89. The summed E-state index contributed by atoms with van der Waals surface area (Å²) in [4.78, 5) is 9.00. The van der Waals surface area contributed by atoms with Gasteiger partial charge in [0.2, 0.25) is 10.0 Å². The molecule has 2 rings (SSSR count). The Morgan fingerprint density at radius 3 is 2.52 bits per heavy atom. The summed E-state index contributed by atoms with van der Waals surface area (Å²) in [6.45, 7) is 4.20. The third-order valence-corrected chi connectivity index (χ3v) is 5.29. The highest BCUT2D eigenvalue weighted by atomic mass is 32.2. The standard InChI is InChI=1S/C12H16FN3O4S/c1-12(2)5-7(12)6-15-21(19,20)11-9(13)3-8(16(17)18)4-10(11)14/h3-4,7,15H,5-6,14H2,1-2H3. The second kappa shape index (κ2) is 4.92. The van der Waals surface area contributed by atoms with E-state index in [0.717, 1.165) is 12.5 Å². The monoisotopic (exact) mass is 317 g/mol. The molecule has 1 atom stereocenters. The van der Waals surface area contributed by atoms with Crippen LogP contribution < -0.4 is 10.5 Å². The van der Waals surface area contributed by atoms with Gasteiger partial charge in [-0.2, -0.15) is 0 Å². The lowest BCUT2D eigenvalue weighted by Crippen LogP contribution is -2.28. The Morgan fingerprint density at radius 1 is 1.52 bits per heavy atom. The number of hydrogen-bond donors (Lipinski definition) is 2. The number of sulfonamides is 1. The lowest BCUT2D eigenvalue weighted by molar-refractivity contribution is -0.385. The number of benzene rings is 1. The summed E-state index contributed by atoms with van der Waals surface area (Å²) in [6, 6.07) is 1.38. The van der Waals surface area contributed by atoms with E-state index in [-0.39, 0.29) is 17.9 Å². The van der Waals surface area contributed by atoms with Crippen molar-refractivity contribution in [2.75, 3.05) is 12.3 Å². The molecule has 3 N–H and O–H groups in total. The maximum Gasteiger partial charge on any atom is 0.274 e. The van der Waals surface area contributed by atoms with Crippen molar-refractivity contribution in [2.24, 2.45) is 11.3 Å². The maximum atomic E-state index is 13.9. The first-order valence-corrected chi connectivity index (χ1v) is 7.76. The number of nitrogens with two attached hydrogens (primary N) is 1. The number of nitro groups is 1. The Morgan fingerprint density at radius 2 is 2.10 bits per heavy atom. The average molecular weight is 317 g/mol. The molecule has 7 nitrogen and oxygen atoms in total. The summed E-state index contributed by atoms with van der Waals surface area (Å²) in [7, 11) is -4.14. The summed E-state index contributed by atoms with van der Waals surface area (Å²) in [5.74, 6) is -1.04. The van der Waals surface area contributed by atoms with Crippen LogP contribution in [0.5, 0.6) is 0 Å². The molecule has 1 fully saturated rings. The van der Waals surface area contributed by atoms with Crippen LogP contribution in [-0.4, -0.2) is 19.9 Å². The predicted molar refractivity (Wildman–Crippen MR) is 74.5 cm³/mol. The van der Waals surface area contributed by atoms with Gasteiger partial charge in [0, 0.05) is 12.6 Å². The van der Waals surface area contributed by atoms with Gasteiger partial charge in [-0.05, 0) is 17.8 Å². The van der Waals surface area contributed by atoms with Crippen LogP contribution in [0.3, 0.4) is 0 Å². The molecule has 0 spiro atoms. The number of nitrogen functional groups attached to an aromatic ring is 1. The summed E-state index contributed by atoms with van der Waals surface area (Å²) in [6.07, 6.45) is 0.883. The van der Waals surface area contributed by atoms with Crippen molar-refractivity contribution in [1.29, 1.82) is 0 Å². The van der Waals surface area contributed by atoms with Crippen molar-refractivity contribution < 1.29 is 17.7 Å². The zero-order valence-corrected chi connectivity index (χ0v) is 12.4. The Balaban J connectivity index is 2.26. The van der Waals surface area contributed by atoms with Crippen molar-refractivity contribution in [2.45, 2.75) is 25.2 Å². The van der Waals surface area contributed by atoms with Crippen LogP contribution in [0.4, 0.5) is 15.8 Å². The smallest absolute Gasteiger partial charge is 0.274 e. The van der Waals surface area contributed by atoms with E-state index in [9.17, 15) is 22.9 Å². The van der Waals surface area contributed by atoms with Crippen LogP contribution in [0.1, 0.15) is 20.3 Å². The zero-order valence-electron chi connectivity index (χ0n) is 11.6. The molecule has 21 heavy (non-hydrogen) atoms. The third-order valence-electron chi connectivity index (χ3n) is 3.77. The number of halogens is 1. The molecule has 1 aromatic rings. The Labute approximate surface area is 121 Å². The first kappa shape index (κ1) is 15.6. The fraction of sp³-hybridized carbons (Fsp3) is 0.500. The number of rotatable bonds is 5. The molecule has 0 aliphatic heterocycles. The molecule has 1 aliphatic carbocycles. The summed E-state index contributed by atoms with van der Waals surface area (Å²) < 4.78 is 40.4. The SMILES string of the molecule is CC1(C)CC1CNS(=O)(=O)c1c(N)cc([N+](=O)[O-])cc1F. The Hall–Kier alpha value is -1.74. The van der Waals surface area contributed by atoms with Gasteiger partial charge >= 0.3 is 0 Å². The second-order valence-corrected chi connectivity index (χ2v) is 7.55. The van der Waals surface area contributed by atoms with Crippen LogP contribution in [0.2, 0.25) is 0 Å².